The Bertz CT molecular complexity index is 616. The number of hydrogen-bond acceptors (Lipinski definition) is 3. The molecule has 1 aliphatic heterocycles. The molecule has 0 saturated carbocycles. The zero-order valence-electron chi connectivity index (χ0n) is 12.3. The highest BCUT2D eigenvalue weighted by Crippen LogP contribution is 2.34. The lowest BCUT2D eigenvalue weighted by molar-refractivity contribution is -0.122. The molecule has 2 rings (SSSR count). The maximum atomic E-state index is 12.4. The summed E-state index contributed by atoms with van der Waals surface area (Å²) in [6, 6.07) is 5.23. The molecule has 22 heavy (non-hydrogen) atoms. The summed E-state index contributed by atoms with van der Waals surface area (Å²) >= 11 is 18.7. The first-order valence-electron chi connectivity index (χ1n) is 7.23. The summed E-state index contributed by atoms with van der Waals surface area (Å²) in [6.45, 7) is 2.86. The van der Waals surface area contributed by atoms with Gasteiger partial charge in [-0.25, -0.2) is 0 Å². The molecular weight excluding hydrogens is 357 g/mol. The number of benzene rings is 1. The quantitative estimate of drug-likeness (QED) is 0.358. The first kappa shape index (κ1) is 17.8. The topological polar surface area (TPSA) is 20.3 Å². The van der Waals surface area contributed by atoms with Crippen LogP contribution >= 0.6 is 47.2 Å². The average molecular weight is 374 g/mol. The molecule has 2 nitrogen and oxygen atoms in total. The minimum absolute atomic E-state index is 0.0301. The Morgan fingerprint density at radius 2 is 2.05 bits per heavy atom. The lowest BCUT2D eigenvalue weighted by atomic mass is 10.2. The van der Waals surface area contributed by atoms with Crippen LogP contribution in [0.25, 0.3) is 6.08 Å². The Labute approximate surface area is 150 Å². The van der Waals surface area contributed by atoms with E-state index in [1.165, 1.54) is 24.6 Å². The molecule has 1 aliphatic rings. The molecule has 0 atom stereocenters. The van der Waals surface area contributed by atoms with Crippen molar-refractivity contribution in [1.82, 2.24) is 4.90 Å². The Balaban J connectivity index is 2.08. The number of carbonyl (C=O) groups excluding carboxylic acids is 1. The molecule has 1 aromatic carbocycles. The molecule has 0 spiro atoms. The number of thiocarbonyl (C=S) groups is 1. The molecule has 6 heteroatoms. The fourth-order valence-electron chi connectivity index (χ4n) is 2.15. The third-order valence-corrected chi connectivity index (χ3v) is 5.30. The molecular formula is C16H17Cl2NOS2. The van der Waals surface area contributed by atoms with E-state index in [1.54, 1.807) is 29.2 Å². The van der Waals surface area contributed by atoms with E-state index >= 15 is 0 Å². The number of rotatable bonds is 6. The van der Waals surface area contributed by atoms with Crippen molar-refractivity contribution in [3.05, 3.63) is 38.7 Å². The van der Waals surface area contributed by atoms with Gasteiger partial charge in [0.25, 0.3) is 5.91 Å². The maximum Gasteiger partial charge on any atom is 0.266 e. The lowest BCUT2D eigenvalue weighted by Gasteiger charge is -2.13. The molecule has 0 N–H and O–H groups in total. The monoisotopic (exact) mass is 373 g/mol. The smallest absolute Gasteiger partial charge is 0.266 e. The molecule has 0 aliphatic carbocycles. The Hall–Kier alpha value is -0.550. The molecule has 118 valence electrons. The van der Waals surface area contributed by atoms with Gasteiger partial charge in [-0.05, 0) is 30.2 Å². The highest BCUT2D eigenvalue weighted by molar-refractivity contribution is 8.26. The summed E-state index contributed by atoms with van der Waals surface area (Å²) in [7, 11) is 0. The predicted molar refractivity (Wildman–Crippen MR) is 100 cm³/mol. The number of amides is 1. The van der Waals surface area contributed by atoms with Crippen LogP contribution in [0.1, 0.15) is 38.2 Å². The van der Waals surface area contributed by atoms with Crippen molar-refractivity contribution >= 4 is 63.5 Å². The van der Waals surface area contributed by atoms with E-state index in [4.69, 9.17) is 35.4 Å². The molecule has 1 fully saturated rings. The lowest BCUT2D eigenvalue weighted by Crippen LogP contribution is -2.29. The fraction of sp³-hybridized carbons (Fsp3) is 0.375. The van der Waals surface area contributed by atoms with Crippen molar-refractivity contribution in [1.29, 1.82) is 0 Å². The maximum absolute atomic E-state index is 12.4. The first-order chi connectivity index (χ1) is 10.5. The minimum atomic E-state index is -0.0301. The Morgan fingerprint density at radius 3 is 2.73 bits per heavy atom. The molecule has 0 aromatic heterocycles. The van der Waals surface area contributed by atoms with Crippen LogP contribution in [-0.4, -0.2) is 21.7 Å². The van der Waals surface area contributed by atoms with Crippen molar-refractivity contribution in [2.45, 2.75) is 32.6 Å². The molecule has 1 heterocycles. The van der Waals surface area contributed by atoms with Crippen molar-refractivity contribution in [2.24, 2.45) is 0 Å². The zero-order chi connectivity index (χ0) is 16.1. The highest BCUT2D eigenvalue weighted by atomic mass is 35.5. The number of thioether (sulfide) groups is 1. The van der Waals surface area contributed by atoms with Gasteiger partial charge in [0.1, 0.15) is 4.32 Å². The van der Waals surface area contributed by atoms with E-state index in [-0.39, 0.29) is 5.91 Å². The number of halogens is 2. The van der Waals surface area contributed by atoms with Gasteiger partial charge in [0, 0.05) is 16.6 Å². The molecule has 0 bridgehead atoms. The van der Waals surface area contributed by atoms with Crippen LogP contribution < -0.4 is 0 Å². The number of carbonyl (C=O) groups is 1. The van der Waals surface area contributed by atoms with Crippen LogP contribution in [0.4, 0.5) is 0 Å². The summed E-state index contributed by atoms with van der Waals surface area (Å²) in [4.78, 5) is 14.7. The van der Waals surface area contributed by atoms with Crippen LogP contribution in [0.3, 0.4) is 0 Å². The number of nitrogens with zero attached hydrogens (tertiary/aromatic N) is 1. The first-order valence-corrected chi connectivity index (χ1v) is 9.21. The summed E-state index contributed by atoms with van der Waals surface area (Å²) < 4.78 is 0.623. The standard InChI is InChI=1S/C16H17Cl2NOS2/c1-2-3-4-5-8-19-15(20)14(22-16(19)21)9-11-6-7-12(17)10-13(11)18/h6-7,9-10H,2-5,8H2,1H3. The van der Waals surface area contributed by atoms with Gasteiger partial charge in [-0.1, -0.05) is 79.4 Å². The number of unbranched alkanes of at least 4 members (excludes halogenated alkanes) is 3. The largest absolute Gasteiger partial charge is 0.293 e. The van der Waals surface area contributed by atoms with E-state index in [9.17, 15) is 4.79 Å². The van der Waals surface area contributed by atoms with Gasteiger partial charge in [0.15, 0.2) is 0 Å². The second-order valence-electron chi connectivity index (χ2n) is 5.06. The van der Waals surface area contributed by atoms with Crippen molar-refractivity contribution in [2.75, 3.05) is 6.54 Å². The fourth-order valence-corrected chi connectivity index (χ4v) is 3.91. The zero-order valence-corrected chi connectivity index (χ0v) is 15.4. The van der Waals surface area contributed by atoms with Gasteiger partial charge in [-0.15, -0.1) is 0 Å². The third kappa shape index (κ3) is 4.48. The molecule has 1 aromatic rings. The molecule has 0 unspecified atom stereocenters. The second-order valence-corrected chi connectivity index (χ2v) is 7.58. The summed E-state index contributed by atoms with van der Waals surface area (Å²) in [5.41, 5.74) is 0.776. The van der Waals surface area contributed by atoms with E-state index in [0.717, 1.165) is 18.4 Å². The van der Waals surface area contributed by atoms with E-state index < -0.39 is 0 Å². The average Bonchev–Trinajstić information content (AvgIpc) is 2.73. The molecule has 1 amide bonds. The normalized spacial score (nSPS) is 16.9. The van der Waals surface area contributed by atoms with Crippen LogP contribution in [0.2, 0.25) is 10.0 Å². The summed E-state index contributed by atoms with van der Waals surface area (Å²) in [5.74, 6) is -0.0301. The van der Waals surface area contributed by atoms with Crippen molar-refractivity contribution in [3.63, 3.8) is 0 Å². The van der Waals surface area contributed by atoms with Gasteiger partial charge in [-0.2, -0.15) is 0 Å². The van der Waals surface area contributed by atoms with Crippen molar-refractivity contribution in [3.8, 4) is 0 Å². The van der Waals surface area contributed by atoms with Gasteiger partial charge in [0.05, 0.1) is 4.91 Å². The highest BCUT2D eigenvalue weighted by Gasteiger charge is 2.31. The second kappa shape index (κ2) is 8.34. The van der Waals surface area contributed by atoms with E-state index in [2.05, 4.69) is 6.92 Å². The van der Waals surface area contributed by atoms with Gasteiger partial charge < -0.3 is 0 Å². The summed E-state index contributed by atoms with van der Waals surface area (Å²) in [6.07, 6.45) is 6.24. The van der Waals surface area contributed by atoms with Gasteiger partial charge in [-0.3, -0.25) is 9.69 Å². The predicted octanol–water partition coefficient (Wildman–Crippen LogP) is 5.77. The third-order valence-electron chi connectivity index (χ3n) is 3.36. The molecule has 0 radical (unpaired) electrons. The van der Waals surface area contributed by atoms with Crippen LogP contribution in [0.15, 0.2) is 23.1 Å². The van der Waals surface area contributed by atoms with Gasteiger partial charge in [0.2, 0.25) is 0 Å². The van der Waals surface area contributed by atoms with Crippen molar-refractivity contribution < 1.29 is 4.79 Å². The van der Waals surface area contributed by atoms with E-state index in [1.807, 2.05) is 0 Å². The van der Waals surface area contributed by atoms with Crippen LogP contribution in [0, 0.1) is 0 Å². The number of hydrogen-bond donors (Lipinski definition) is 0. The Kier molecular flexibility index (Phi) is 6.75. The van der Waals surface area contributed by atoms with E-state index in [0.29, 0.717) is 25.8 Å². The minimum Gasteiger partial charge on any atom is -0.293 e. The summed E-state index contributed by atoms with van der Waals surface area (Å²) in [5, 5.41) is 1.10. The van der Waals surface area contributed by atoms with Crippen LogP contribution in [-0.2, 0) is 4.79 Å². The van der Waals surface area contributed by atoms with Gasteiger partial charge >= 0.3 is 0 Å². The molecule has 1 saturated heterocycles. The Morgan fingerprint density at radius 1 is 1.27 bits per heavy atom. The van der Waals surface area contributed by atoms with Crippen LogP contribution in [0.5, 0.6) is 0 Å². The SMILES string of the molecule is CCCCCCN1C(=O)C(=Cc2ccc(Cl)cc2Cl)SC1=S.